The van der Waals surface area contributed by atoms with Crippen LogP contribution in [0.5, 0.6) is 11.5 Å². The van der Waals surface area contributed by atoms with Gasteiger partial charge in [0.15, 0.2) is 0 Å². The summed E-state index contributed by atoms with van der Waals surface area (Å²) < 4.78 is 22.5. The number of hydrogen-bond acceptors (Lipinski definition) is 7. The molecule has 0 saturated carbocycles. The van der Waals surface area contributed by atoms with Gasteiger partial charge in [-0.3, -0.25) is 0 Å². The van der Waals surface area contributed by atoms with E-state index < -0.39 is 25.6 Å². The molecule has 0 bridgehead atoms. The monoisotopic (exact) mass is 500 g/mol. The molecule has 0 radical (unpaired) electrons. The summed E-state index contributed by atoms with van der Waals surface area (Å²) in [6.07, 6.45) is 9.72. The second kappa shape index (κ2) is 13.7. The summed E-state index contributed by atoms with van der Waals surface area (Å²) in [6, 6.07) is 13.2. The van der Waals surface area contributed by atoms with Gasteiger partial charge in [-0.15, -0.1) is 0 Å². The van der Waals surface area contributed by atoms with Crippen molar-refractivity contribution in [2.75, 3.05) is 6.61 Å². The van der Waals surface area contributed by atoms with Crippen LogP contribution in [0.4, 0.5) is 0 Å². The molecule has 32 heavy (non-hydrogen) atoms. The summed E-state index contributed by atoms with van der Waals surface area (Å²) in [7, 11) is -6.70. The predicted octanol–water partition coefficient (Wildman–Crippen LogP) is 6.67. The highest BCUT2D eigenvalue weighted by Crippen LogP contribution is 2.54. The summed E-state index contributed by atoms with van der Waals surface area (Å²) in [5.41, 5.74) is 1.82. The summed E-state index contributed by atoms with van der Waals surface area (Å²) in [4.78, 5) is 27.9. The highest BCUT2D eigenvalue weighted by molar-refractivity contribution is 7.57. The number of unbranched alkanes of at least 4 members (excludes halogenated alkanes) is 7. The summed E-state index contributed by atoms with van der Waals surface area (Å²) in [5.74, 6) is 1.10. The molecule has 2 unspecified atom stereocenters. The van der Waals surface area contributed by atoms with Crippen molar-refractivity contribution >= 4 is 30.9 Å². The van der Waals surface area contributed by atoms with E-state index in [2.05, 4.69) is 11.2 Å². The maximum Gasteiger partial charge on any atom is 0.401 e. The third-order valence-corrected chi connectivity index (χ3v) is 8.17. The van der Waals surface area contributed by atoms with Crippen LogP contribution in [0.1, 0.15) is 58.3 Å². The predicted molar refractivity (Wildman–Crippen MR) is 130 cm³/mol. The van der Waals surface area contributed by atoms with Gasteiger partial charge < -0.3 is 28.3 Å². The van der Waals surface area contributed by atoms with Gasteiger partial charge in [0.05, 0.1) is 11.9 Å². The number of rotatable bonds is 14. The molecule has 2 aromatic carbocycles. The molecule has 1 aliphatic rings. The van der Waals surface area contributed by atoms with Crippen molar-refractivity contribution in [3.05, 3.63) is 42.5 Å². The molecule has 0 spiro atoms. The van der Waals surface area contributed by atoms with Gasteiger partial charge in [-0.05, 0) is 18.6 Å². The maximum atomic E-state index is 9.95. The summed E-state index contributed by atoms with van der Waals surface area (Å²) in [5, 5.41) is 0.714. The minimum absolute atomic E-state index is 0.351. The standard InChI is InChI=1S/C22H31O7P3/c1-2-3-4-5-6-7-8-11-17-26-30-22-19(18-13-9-10-15-20(18)27-30)14-12-16-21(22)28-32(25)29-31(23)24/h9-10,12-16,23-25H,2-8,11,17H2,1H3. The number of fused-ring (bicyclic) bond motifs is 3. The lowest BCUT2D eigenvalue weighted by molar-refractivity contribution is 0.306. The molecule has 7 nitrogen and oxygen atoms in total. The average molecular weight is 500 g/mol. The van der Waals surface area contributed by atoms with Gasteiger partial charge in [0, 0.05) is 11.1 Å². The fraction of sp³-hybridized carbons (Fsp3) is 0.455. The number of hydrogen-bond donors (Lipinski definition) is 3. The minimum Gasteiger partial charge on any atom is -0.443 e. The van der Waals surface area contributed by atoms with Crippen molar-refractivity contribution in [2.45, 2.75) is 58.3 Å². The van der Waals surface area contributed by atoms with Gasteiger partial charge in [-0.1, -0.05) is 82.2 Å². The first-order valence-corrected chi connectivity index (χ1v) is 14.4. The fourth-order valence-electron chi connectivity index (χ4n) is 3.54. The third-order valence-electron chi connectivity index (χ3n) is 5.07. The molecule has 0 fully saturated rings. The van der Waals surface area contributed by atoms with Crippen LogP contribution in [0.3, 0.4) is 0 Å². The topological polar surface area (TPSA) is 97.6 Å². The number of benzene rings is 2. The molecule has 0 saturated heterocycles. The molecule has 3 rings (SSSR count). The Balaban J connectivity index is 1.65. The Kier molecular flexibility index (Phi) is 11.1. The molecule has 1 heterocycles. The second-order valence-corrected chi connectivity index (χ2v) is 10.7. The Morgan fingerprint density at radius 1 is 0.844 bits per heavy atom. The maximum absolute atomic E-state index is 9.95. The zero-order valence-electron chi connectivity index (χ0n) is 18.2. The Morgan fingerprint density at radius 2 is 1.53 bits per heavy atom. The first-order valence-electron chi connectivity index (χ1n) is 11.0. The van der Waals surface area contributed by atoms with Crippen molar-refractivity contribution in [1.82, 2.24) is 0 Å². The van der Waals surface area contributed by atoms with E-state index in [1.165, 1.54) is 38.5 Å². The van der Waals surface area contributed by atoms with Gasteiger partial charge >= 0.3 is 17.2 Å². The van der Waals surface area contributed by atoms with Gasteiger partial charge in [-0.2, -0.15) is 0 Å². The molecule has 0 aliphatic carbocycles. The van der Waals surface area contributed by atoms with Gasteiger partial charge in [0.25, 0.3) is 8.38 Å². The minimum atomic E-state index is -2.72. The van der Waals surface area contributed by atoms with E-state index in [9.17, 15) is 4.89 Å². The molecular weight excluding hydrogens is 469 g/mol. The Labute approximate surface area is 193 Å². The number of para-hydroxylation sites is 1. The quantitative estimate of drug-likeness (QED) is 0.197. The molecule has 10 heteroatoms. The van der Waals surface area contributed by atoms with Crippen molar-refractivity contribution in [2.24, 2.45) is 0 Å². The molecule has 3 N–H and O–H groups in total. The third kappa shape index (κ3) is 7.58. The van der Waals surface area contributed by atoms with E-state index in [4.69, 9.17) is 23.4 Å². The van der Waals surface area contributed by atoms with E-state index in [-0.39, 0.29) is 0 Å². The van der Waals surface area contributed by atoms with Crippen LogP contribution < -0.4 is 14.4 Å². The smallest absolute Gasteiger partial charge is 0.401 e. The largest absolute Gasteiger partial charge is 0.443 e. The Hall–Kier alpha value is -0.870. The first kappa shape index (κ1) is 25.7. The lowest BCUT2D eigenvalue weighted by Gasteiger charge is -2.29. The molecule has 2 atom stereocenters. The van der Waals surface area contributed by atoms with Crippen molar-refractivity contribution in [3.8, 4) is 22.6 Å². The van der Waals surface area contributed by atoms with Crippen LogP contribution >= 0.6 is 25.6 Å². The van der Waals surface area contributed by atoms with Gasteiger partial charge in [0.1, 0.15) is 11.5 Å². The first-order chi connectivity index (χ1) is 15.6. The van der Waals surface area contributed by atoms with Crippen LogP contribution in [0.2, 0.25) is 0 Å². The van der Waals surface area contributed by atoms with Crippen LogP contribution in [-0.4, -0.2) is 21.3 Å². The normalized spacial score (nSPS) is 15.7. The van der Waals surface area contributed by atoms with E-state index in [1.807, 2.05) is 36.4 Å². The Morgan fingerprint density at radius 3 is 2.28 bits per heavy atom. The summed E-state index contributed by atoms with van der Waals surface area (Å²) >= 11 is 0. The highest BCUT2D eigenvalue weighted by Gasteiger charge is 2.32. The molecule has 0 aromatic heterocycles. The highest BCUT2D eigenvalue weighted by atomic mass is 31.2. The molecule has 2 aromatic rings. The van der Waals surface area contributed by atoms with Gasteiger partial charge in [-0.25, -0.2) is 4.31 Å². The van der Waals surface area contributed by atoms with Crippen LogP contribution in [0.15, 0.2) is 42.5 Å². The van der Waals surface area contributed by atoms with Crippen molar-refractivity contribution in [3.63, 3.8) is 0 Å². The van der Waals surface area contributed by atoms with E-state index in [0.717, 1.165) is 29.7 Å². The zero-order chi connectivity index (χ0) is 22.8. The molecule has 0 amide bonds. The Bertz CT molecular complexity index is 837. The molecule has 1 aliphatic heterocycles. The summed E-state index contributed by atoms with van der Waals surface area (Å²) in [6.45, 7) is 2.80. The van der Waals surface area contributed by atoms with E-state index in [1.54, 1.807) is 6.07 Å². The van der Waals surface area contributed by atoms with Crippen molar-refractivity contribution < 1.29 is 32.6 Å². The second-order valence-electron chi connectivity index (χ2n) is 7.47. The lowest BCUT2D eigenvalue weighted by atomic mass is 10.0. The zero-order valence-corrected chi connectivity index (χ0v) is 20.9. The lowest BCUT2D eigenvalue weighted by Crippen LogP contribution is -2.18. The average Bonchev–Trinajstić information content (AvgIpc) is 2.77. The van der Waals surface area contributed by atoms with E-state index in [0.29, 0.717) is 17.7 Å². The van der Waals surface area contributed by atoms with Crippen LogP contribution in [0, 0.1) is 0 Å². The van der Waals surface area contributed by atoms with Crippen LogP contribution in [0.25, 0.3) is 11.1 Å². The van der Waals surface area contributed by atoms with Crippen LogP contribution in [-0.2, 0) is 8.83 Å². The molecular formula is C22H31O7P3. The van der Waals surface area contributed by atoms with Gasteiger partial charge in [0.2, 0.25) is 0 Å². The van der Waals surface area contributed by atoms with Crippen molar-refractivity contribution in [1.29, 1.82) is 0 Å². The fourth-order valence-corrected chi connectivity index (χ4v) is 6.17. The van der Waals surface area contributed by atoms with E-state index >= 15 is 0 Å². The SMILES string of the molecule is CCCCCCCCCCOP1Oc2ccccc2-c2cccc(OP(O)OP(O)O)c21. The molecule has 176 valence electrons.